The Morgan fingerprint density at radius 1 is 1.03 bits per heavy atom. The minimum Gasteiger partial charge on any atom is -0.368 e. The SMILES string of the molecule is CCN(CC)S(=O)(=O)c1cc(C(=O)NC(C)c2ccccc2)ccc1N1CCN(C)CC1. The molecule has 32 heavy (non-hydrogen) atoms. The number of anilines is 1. The number of sulfonamides is 1. The van der Waals surface area contributed by atoms with Gasteiger partial charge in [-0.25, -0.2) is 8.42 Å². The molecule has 174 valence electrons. The Balaban J connectivity index is 1.96. The molecular formula is C24H34N4O3S. The third-order valence-electron chi connectivity index (χ3n) is 6.04. The maximum Gasteiger partial charge on any atom is 0.251 e. The number of benzene rings is 2. The molecule has 0 saturated carbocycles. The predicted octanol–water partition coefficient (Wildman–Crippen LogP) is 2.96. The van der Waals surface area contributed by atoms with Gasteiger partial charge >= 0.3 is 0 Å². The molecule has 1 atom stereocenters. The van der Waals surface area contributed by atoms with E-state index in [0.717, 1.165) is 31.7 Å². The Morgan fingerprint density at radius 3 is 2.25 bits per heavy atom. The van der Waals surface area contributed by atoms with Gasteiger partial charge in [-0.05, 0) is 37.7 Å². The summed E-state index contributed by atoms with van der Waals surface area (Å²) in [6.45, 7) is 9.54. The lowest BCUT2D eigenvalue weighted by atomic mass is 10.1. The Hall–Kier alpha value is -2.42. The van der Waals surface area contributed by atoms with E-state index in [-0.39, 0.29) is 16.8 Å². The van der Waals surface area contributed by atoms with Gasteiger partial charge in [0.25, 0.3) is 5.91 Å². The van der Waals surface area contributed by atoms with Gasteiger partial charge in [-0.2, -0.15) is 4.31 Å². The van der Waals surface area contributed by atoms with E-state index in [4.69, 9.17) is 0 Å². The smallest absolute Gasteiger partial charge is 0.251 e. The number of piperazine rings is 1. The van der Waals surface area contributed by atoms with Crippen molar-refractivity contribution in [2.45, 2.75) is 31.7 Å². The van der Waals surface area contributed by atoms with Gasteiger partial charge in [-0.1, -0.05) is 44.2 Å². The monoisotopic (exact) mass is 458 g/mol. The van der Waals surface area contributed by atoms with Crippen molar-refractivity contribution < 1.29 is 13.2 Å². The van der Waals surface area contributed by atoms with Crippen LogP contribution in [0.3, 0.4) is 0 Å². The highest BCUT2D eigenvalue weighted by Gasteiger charge is 2.29. The molecule has 1 fully saturated rings. The highest BCUT2D eigenvalue weighted by Crippen LogP contribution is 2.30. The van der Waals surface area contributed by atoms with E-state index in [1.807, 2.05) is 51.1 Å². The molecule has 2 aromatic carbocycles. The maximum absolute atomic E-state index is 13.5. The summed E-state index contributed by atoms with van der Waals surface area (Å²) in [6.07, 6.45) is 0. The molecule has 3 rings (SSSR count). The van der Waals surface area contributed by atoms with E-state index >= 15 is 0 Å². The highest BCUT2D eigenvalue weighted by atomic mass is 32.2. The summed E-state index contributed by atoms with van der Waals surface area (Å²) in [6, 6.07) is 14.5. The van der Waals surface area contributed by atoms with Crippen molar-refractivity contribution in [1.82, 2.24) is 14.5 Å². The van der Waals surface area contributed by atoms with Crippen LogP contribution in [-0.4, -0.2) is 69.8 Å². The molecule has 1 aliphatic rings. The quantitative estimate of drug-likeness (QED) is 0.659. The van der Waals surface area contributed by atoms with Gasteiger partial charge in [0.05, 0.1) is 11.7 Å². The van der Waals surface area contributed by atoms with Crippen LogP contribution in [0, 0.1) is 0 Å². The predicted molar refractivity (Wildman–Crippen MR) is 129 cm³/mol. The molecule has 0 bridgehead atoms. The van der Waals surface area contributed by atoms with Crippen LogP contribution in [0.15, 0.2) is 53.4 Å². The normalized spacial score (nSPS) is 16.2. The van der Waals surface area contributed by atoms with Crippen LogP contribution in [0.5, 0.6) is 0 Å². The first-order chi connectivity index (χ1) is 15.3. The molecule has 0 radical (unpaired) electrons. The zero-order chi connectivity index (χ0) is 23.3. The van der Waals surface area contributed by atoms with E-state index in [1.54, 1.807) is 12.1 Å². The lowest BCUT2D eigenvalue weighted by Crippen LogP contribution is -2.45. The molecule has 1 N–H and O–H groups in total. The second-order valence-electron chi connectivity index (χ2n) is 8.17. The molecule has 0 spiro atoms. The number of likely N-dealkylation sites (N-methyl/N-ethyl adjacent to an activating group) is 1. The molecule has 7 nitrogen and oxygen atoms in total. The zero-order valence-electron chi connectivity index (χ0n) is 19.4. The molecule has 8 heteroatoms. The molecule has 1 aliphatic heterocycles. The lowest BCUT2D eigenvalue weighted by molar-refractivity contribution is 0.0939. The van der Waals surface area contributed by atoms with Crippen molar-refractivity contribution in [3.05, 3.63) is 59.7 Å². The summed E-state index contributed by atoms with van der Waals surface area (Å²) >= 11 is 0. The number of hydrogen-bond donors (Lipinski definition) is 1. The van der Waals surface area contributed by atoms with Crippen LogP contribution in [0.2, 0.25) is 0 Å². The standard InChI is InChI=1S/C24H34N4O3S/c1-5-28(6-2)32(30,31)23-18-21(12-13-22(23)27-16-14-26(4)15-17-27)24(29)25-19(3)20-10-8-7-9-11-20/h7-13,18-19H,5-6,14-17H2,1-4H3,(H,25,29). The summed E-state index contributed by atoms with van der Waals surface area (Å²) in [4.78, 5) is 17.5. The third-order valence-corrected chi connectivity index (χ3v) is 8.12. The summed E-state index contributed by atoms with van der Waals surface area (Å²) in [5, 5.41) is 2.99. The number of carbonyl (C=O) groups is 1. The zero-order valence-corrected chi connectivity index (χ0v) is 20.2. The van der Waals surface area contributed by atoms with Crippen LogP contribution in [0.1, 0.15) is 42.7 Å². The van der Waals surface area contributed by atoms with E-state index in [0.29, 0.717) is 24.3 Å². The Labute approximate surface area is 192 Å². The average molecular weight is 459 g/mol. The molecular weight excluding hydrogens is 424 g/mol. The van der Waals surface area contributed by atoms with E-state index in [9.17, 15) is 13.2 Å². The average Bonchev–Trinajstić information content (AvgIpc) is 2.80. The third kappa shape index (κ3) is 5.31. The van der Waals surface area contributed by atoms with Gasteiger partial charge in [0, 0.05) is 44.8 Å². The number of nitrogens with one attached hydrogen (secondary N) is 1. The van der Waals surface area contributed by atoms with E-state index in [1.165, 1.54) is 10.4 Å². The number of amides is 1. The number of rotatable bonds is 8. The van der Waals surface area contributed by atoms with Gasteiger partial charge in [-0.15, -0.1) is 0 Å². The number of carbonyl (C=O) groups excluding carboxylic acids is 1. The molecule has 0 aromatic heterocycles. The Bertz CT molecular complexity index is 1010. The molecule has 0 aliphatic carbocycles. The largest absolute Gasteiger partial charge is 0.368 e. The Kier molecular flexibility index (Phi) is 7.92. The summed E-state index contributed by atoms with van der Waals surface area (Å²) < 4.78 is 28.4. The molecule has 1 saturated heterocycles. The van der Waals surface area contributed by atoms with Crippen molar-refractivity contribution in [2.75, 3.05) is 51.2 Å². The van der Waals surface area contributed by atoms with Gasteiger partial charge in [0.1, 0.15) is 4.90 Å². The summed E-state index contributed by atoms with van der Waals surface area (Å²) in [5.41, 5.74) is 2.00. The fourth-order valence-electron chi connectivity index (χ4n) is 3.98. The van der Waals surface area contributed by atoms with Gasteiger partial charge in [0.15, 0.2) is 0 Å². The van der Waals surface area contributed by atoms with Crippen molar-refractivity contribution in [3.8, 4) is 0 Å². The highest BCUT2D eigenvalue weighted by molar-refractivity contribution is 7.89. The van der Waals surface area contributed by atoms with Crippen molar-refractivity contribution >= 4 is 21.6 Å². The Morgan fingerprint density at radius 2 is 1.66 bits per heavy atom. The first-order valence-electron chi connectivity index (χ1n) is 11.2. The second kappa shape index (κ2) is 10.5. The fourth-order valence-corrected chi connectivity index (χ4v) is 5.67. The van der Waals surface area contributed by atoms with Crippen LogP contribution in [0.4, 0.5) is 5.69 Å². The maximum atomic E-state index is 13.5. The van der Waals surface area contributed by atoms with Crippen LogP contribution in [-0.2, 0) is 10.0 Å². The first kappa shape index (κ1) is 24.2. The van der Waals surface area contributed by atoms with E-state index in [2.05, 4.69) is 22.2 Å². The molecule has 1 heterocycles. The van der Waals surface area contributed by atoms with Crippen molar-refractivity contribution in [2.24, 2.45) is 0 Å². The minimum absolute atomic E-state index is 0.191. The van der Waals surface area contributed by atoms with Crippen LogP contribution in [0.25, 0.3) is 0 Å². The lowest BCUT2D eigenvalue weighted by Gasteiger charge is -2.35. The number of nitrogens with zero attached hydrogens (tertiary/aromatic N) is 3. The van der Waals surface area contributed by atoms with Crippen molar-refractivity contribution in [3.63, 3.8) is 0 Å². The van der Waals surface area contributed by atoms with E-state index < -0.39 is 10.0 Å². The minimum atomic E-state index is -3.73. The van der Waals surface area contributed by atoms with Crippen LogP contribution < -0.4 is 10.2 Å². The molecule has 1 amide bonds. The van der Waals surface area contributed by atoms with Crippen molar-refractivity contribution in [1.29, 1.82) is 0 Å². The second-order valence-corrected chi connectivity index (χ2v) is 10.1. The topological polar surface area (TPSA) is 73.0 Å². The molecule has 2 aromatic rings. The van der Waals surface area contributed by atoms with Gasteiger partial charge in [0.2, 0.25) is 10.0 Å². The first-order valence-corrected chi connectivity index (χ1v) is 12.7. The summed E-state index contributed by atoms with van der Waals surface area (Å²) in [7, 11) is -1.67. The molecule has 1 unspecified atom stereocenters. The van der Waals surface area contributed by atoms with Gasteiger partial charge in [-0.3, -0.25) is 4.79 Å². The summed E-state index contributed by atoms with van der Waals surface area (Å²) in [5.74, 6) is -0.290. The van der Waals surface area contributed by atoms with Gasteiger partial charge < -0.3 is 15.1 Å². The number of hydrogen-bond acceptors (Lipinski definition) is 5. The van der Waals surface area contributed by atoms with Crippen LogP contribution >= 0.6 is 0 Å². The fraction of sp³-hybridized carbons (Fsp3) is 0.458.